The van der Waals surface area contributed by atoms with Crippen molar-refractivity contribution in [3.63, 3.8) is 0 Å². The standard InChI is InChI=1S/C14H15FN4O/c1-2-19(11-6-3-5-10(15)9-11)14(20)12-7-4-8-13(17-12)18-16/h3-9H,2,16H2,1H3,(H,17,18). The van der Waals surface area contributed by atoms with E-state index in [9.17, 15) is 9.18 Å². The molecule has 1 aromatic carbocycles. The zero-order valence-corrected chi connectivity index (χ0v) is 11.0. The lowest BCUT2D eigenvalue weighted by molar-refractivity contribution is 0.0983. The number of carbonyl (C=O) groups excluding carboxylic acids is 1. The Hall–Kier alpha value is -2.47. The van der Waals surface area contributed by atoms with Crippen molar-refractivity contribution in [2.45, 2.75) is 6.92 Å². The van der Waals surface area contributed by atoms with Gasteiger partial charge < -0.3 is 10.3 Å². The second kappa shape index (κ2) is 6.12. The quantitative estimate of drug-likeness (QED) is 0.662. The molecule has 0 saturated heterocycles. The second-order valence-electron chi connectivity index (χ2n) is 4.08. The summed E-state index contributed by atoms with van der Waals surface area (Å²) in [4.78, 5) is 18.0. The van der Waals surface area contributed by atoms with E-state index in [1.54, 1.807) is 30.3 Å². The lowest BCUT2D eigenvalue weighted by atomic mass is 10.2. The van der Waals surface area contributed by atoms with Gasteiger partial charge in [-0.25, -0.2) is 15.2 Å². The lowest BCUT2D eigenvalue weighted by Crippen LogP contribution is -2.31. The number of hydrazine groups is 1. The maximum Gasteiger partial charge on any atom is 0.276 e. The highest BCUT2D eigenvalue weighted by Crippen LogP contribution is 2.18. The van der Waals surface area contributed by atoms with Gasteiger partial charge in [0, 0.05) is 12.2 Å². The van der Waals surface area contributed by atoms with Gasteiger partial charge in [0.2, 0.25) is 0 Å². The molecule has 0 bridgehead atoms. The molecular weight excluding hydrogens is 259 g/mol. The van der Waals surface area contributed by atoms with Gasteiger partial charge in [0.15, 0.2) is 0 Å². The van der Waals surface area contributed by atoms with E-state index in [-0.39, 0.29) is 17.4 Å². The fourth-order valence-electron chi connectivity index (χ4n) is 1.86. The fourth-order valence-corrected chi connectivity index (χ4v) is 1.86. The van der Waals surface area contributed by atoms with Crippen LogP contribution in [0, 0.1) is 5.82 Å². The minimum Gasteiger partial charge on any atom is -0.308 e. The molecule has 6 heteroatoms. The highest BCUT2D eigenvalue weighted by atomic mass is 19.1. The number of nitrogens with zero attached hydrogens (tertiary/aromatic N) is 2. The van der Waals surface area contributed by atoms with Crippen LogP contribution in [0.3, 0.4) is 0 Å². The molecule has 2 aromatic rings. The lowest BCUT2D eigenvalue weighted by Gasteiger charge is -2.20. The van der Waals surface area contributed by atoms with Crippen LogP contribution in [0.2, 0.25) is 0 Å². The topological polar surface area (TPSA) is 71.2 Å². The Labute approximate surface area is 116 Å². The van der Waals surface area contributed by atoms with E-state index in [4.69, 9.17) is 5.84 Å². The van der Waals surface area contributed by atoms with Crippen molar-refractivity contribution < 1.29 is 9.18 Å². The highest BCUT2D eigenvalue weighted by molar-refractivity contribution is 6.04. The van der Waals surface area contributed by atoms with Crippen LogP contribution in [0.25, 0.3) is 0 Å². The first kappa shape index (κ1) is 14.0. The van der Waals surface area contributed by atoms with Crippen molar-refractivity contribution >= 4 is 17.4 Å². The van der Waals surface area contributed by atoms with Crippen LogP contribution in [0.1, 0.15) is 17.4 Å². The third-order valence-electron chi connectivity index (χ3n) is 2.80. The van der Waals surface area contributed by atoms with Crippen molar-refractivity contribution in [3.05, 3.63) is 54.0 Å². The summed E-state index contributed by atoms with van der Waals surface area (Å²) in [6.45, 7) is 2.22. The Morgan fingerprint density at radius 2 is 2.10 bits per heavy atom. The predicted octanol–water partition coefficient (Wildman–Crippen LogP) is 2.17. The number of anilines is 2. The van der Waals surface area contributed by atoms with Crippen LogP contribution in [0.5, 0.6) is 0 Å². The molecule has 0 radical (unpaired) electrons. The minimum atomic E-state index is -0.390. The van der Waals surface area contributed by atoms with Gasteiger partial charge in [0.1, 0.15) is 17.3 Å². The van der Waals surface area contributed by atoms with Crippen LogP contribution in [-0.2, 0) is 0 Å². The molecular formula is C14H15FN4O. The largest absolute Gasteiger partial charge is 0.308 e. The number of amides is 1. The number of hydrogen-bond acceptors (Lipinski definition) is 4. The zero-order valence-electron chi connectivity index (χ0n) is 11.0. The maximum atomic E-state index is 13.3. The number of hydrogen-bond donors (Lipinski definition) is 2. The Morgan fingerprint density at radius 1 is 1.35 bits per heavy atom. The van der Waals surface area contributed by atoms with Gasteiger partial charge in [0.25, 0.3) is 5.91 Å². The molecule has 0 fully saturated rings. The SMILES string of the molecule is CCN(C(=O)c1cccc(NN)n1)c1cccc(F)c1. The molecule has 1 amide bonds. The first-order chi connectivity index (χ1) is 9.65. The van der Waals surface area contributed by atoms with E-state index in [1.165, 1.54) is 17.0 Å². The summed E-state index contributed by atoms with van der Waals surface area (Å²) in [5, 5.41) is 0. The monoisotopic (exact) mass is 274 g/mol. The van der Waals surface area contributed by atoms with Crippen LogP contribution in [0.15, 0.2) is 42.5 Å². The van der Waals surface area contributed by atoms with E-state index < -0.39 is 0 Å². The molecule has 0 saturated carbocycles. The van der Waals surface area contributed by atoms with Crippen molar-refractivity contribution in [3.8, 4) is 0 Å². The van der Waals surface area contributed by atoms with Crippen molar-refractivity contribution in [2.75, 3.05) is 16.9 Å². The molecule has 0 aliphatic rings. The summed E-state index contributed by atoms with van der Waals surface area (Å²) in [6.07, 6.45) is 0. The third-order valence-corrected chi connectivity index (χ3v) is 2.80. The number of pyridine rings is 1. The Bertz CT molecular complexity index is 618. The number of halogens is 1. The highest BCUT2D eigenvalue weighted by Gasteiger charge is 2.18. The van der Waals surface area contributed by atoms with Gasteiger partial charge in [-0.3, -0.25) is 4.79 Å². The third kappa shape index (κ3) is 2.92. The smallest absolute Gasteiger partial charge is 0.276 e. The number of rotatable bonds is 4. The van der Waals surface area contributed by atoms with Gasteiger partial charge in [-0.1, -0.05) is 12.1 Å². The van der Waals surface area contributed by atoms with E-state index in [0.717, 1.165) is 0 Å². The number of nitrogen functional groups attached to an aromatic ring is 1. The molecule has 104 valence electrons. The molecule has 0 atom stereocenters. The predicted molar refractivity (Wildman–Crippen MR) is 75.8 cm³/mol. The molecule has 1 heterocycles. The number of nitrogens with one attached hydrogen (secondary N) is 1. The molecule has 1 aromatic heterocycles. The van der Waals surface area contributed by atoms with Crippen LogP contribution < -0.4 is 16.2 Å². The molecule has 2 rings (SSSR count). The summed E-state index contributed by atoms with van der Waals surface area (Å²) in [5.74, 6) is 4.97. The summed E-state index contributed by atoms with van der Waals surface area (Å²) in [5.41, 5.74) is 3.12. The average molecular weight is 274 g/mol. The Morgan fingerprint density at radius 3 is 2.75 bits per heavy atom. The molecule has 20 heavy (non-hydrogen) atoms. The second-order valence-corrected chi connectivity index (χ2v) is 4.08. The average Bonchev–Trinajstić information content (AvgIpc) is 2.48. The Balaban J connectivity index is 2.33. The molecule has 3 N–H and O–H groups in total. The molecule has 0 spiro atoms. The van der Waals surface area contributed by atoms with Crippen molar-refractivity contribution in [1.82, 2.24) is 4.98 Å². The fraction of sp³-hybridized carbons (Fsp3) is 0.143. The molecule has 5 nitrogen and oxygen atoms in total. The summed E-state index contributed by atoms with van der Waals surface area (Å²) in [7, 11) is 0. The molecule has 0 aliphatic heterocycles. The van der Waals surface area contributed by atoms with Gasteiger partial charge in [0.05, 0.1) is 0 Å². The Kier molecular flexibility index (Phi) is 4.27. The van der Waals surface area contributed by atoms with Gasteiger partial charge in [-0.15, -0.1) is 0 Å². The van der Waals surface area contributed by atoms with Crippen LogP contribution >= 0.6 is 0 Å². The number of benzene rings is 1. The maximum absolute atomic E-state index is 13.3. The first-order valence-electron chi connectivity index (χ1n) is 6.16. The van der Waals surface area contributed by atoms with E-state index in [0.29, 0.717) is 18.1 Å². The summed E-state index contributed by atoms with van der Waals surface area (Å²) < 4.78 is 13.3. The molecule has 0 aliphatic carbocycles. The summed E-state index contributed by atoms with van der Waals surface area (Å²) >= 11 is 0. The first-order valence-corrected chi connectivity index (χ1v) is 6.16. The number of carbonyl (C=O) groups is 1. The van der Waals surface area contributed by atoms with Gasteiger partial charge in [-0.2, -0.15) is 0 Å². The van der Waals surface area contributed by atoms with E-state index in [2.05, 4.69) is 10.4 Å². The van der Waals surface area contributed by atoms with E-state index in [1.807, 2.05) is 6.92 Å². The summed E-state index contributed by atoms with van der Waals surface area (Å²) in [6, 6.07) is 10.8. The van der Waals surface area contributed by atoms with Gasteiger partial charge in [-0.05, 0) is 37.3 Å². The van der Waals surface area contributed by atoms with Crippen molar-refractivity contribution in [1.29, 1.82) is 0 Å². The zero-order chi connectivity index (χ0) is 14.5. The molecule has 0 unspecified atom stereocenters. The van der Waals surface area contributed by atoms with Crippen LogP contribution in [-0.4, -0.2) is 17.4 Å². The number of aromatic nitrogens is 1. The van der Waals surface area contributed by atoms with Crippen molar-refractivity contribution in [2.24, 2.45) is 5.84 Å². The van der Waals surface area contributed by atoms with E-state index >= 15 is 0 Å². The normalized spacial score (nSPS) is 10.2. The van der Waals surface area contributed by atoms with Gasteiger partial charge >= 0.3 is 0 Å². The number of nitrogens with two attached hydrogens (primary N) is 1. The minimum absolute atomic E-state index is 0.242. The van der Waals surface area contributed by atoms with Crippen LogP contribution in [0.4, 0.5) is 15.9 Å².